The molecule has 0 radical (unpaired) electrons. The molecule has 2 heterocycles. The molecule has 7 nitrogen and oxygen atoms in total. The zero-order chi connectivity index (χ0) is 26.4. The predicted octanol–water partition coefficient (Wildman–Crippen LogP) is 4.81. The number of benzene rings is 2. The smallest absolute Gasteiger partial charge is 0.425 e. The molecule has 1 atom stereocenters. The van der Waals surface area contributed by atoms with Crippen LogP contribution in [0.2, 0.25) is 5.02 Å². The lowest BCUT2D eigenvalue weighted by Gasteiger charge is -2.20. The van der Waals surface area contributed by atoms with Crippen molar-refractivity contribution in [2.75, 3.05) is 0 Å². The van der Waals surface area contributed by atoms with Crippen molar-refractivity contribution in [2.45, 2.75) is 45.8 Å². The number of aliphatic hydroxyl groups excluding tert-OH is 1. The normalized spacial score (nSPS) is 12.9. The van der Waals surface area contributed by atoms with E-state index in [-0.39, 0.29) is 40.4 Å². The van der Waals surface area contributed by atoms with Crippen LogP contribution in [0, 0.1) is 11.6 Å². The molecule has 0 fully saturated rings. The zero-order valence-electron chi connectivity index (χ0n) is 19.0. The van der Waals surface area contributed by atoms with Gasteiger partial charge >= 0.3 is 11.9 Å². The molecule has 4 aromatic rings. The van der Waals surface area contributed by atoms with E-state index in [0.717, 1.165) is 17.6 Å². The van der Waals surface area contributed by atoms with Gasteiger partial charge < -0.3 is 14.4 Å². The average Bonchev–Trinajstić information content (AvgIpc) is 3.38. The molecule has 1 N–H and O–H groups in total. The standard InChI is InChI=1S/C23H20ClF5N4O3/c1-3-32-19(11-34)30-33(22(32)35)17-9-18(36-12(2)23(27,28)29)21-13(20(17)26)7-8-31(21)10-14-15(24)5-4-6-16(14)25/h4-9,12,34H,3,10-11H2,1-2H3/t12-/m0/s1. The molecule has 0 unspecified atom stereocenters. The monoisotopic (exact) mass is 530 g/mol. The molecule has 0 spiro atoms. The Balaban J connectivity index is 1.96. The van der Waals surface area contributed by atoms with E-state index in [9.17, 15) is 27.5 Å². The third-order valence-electron chi connectivity index (χ3n) is 5.71. The molecular formula is C23H20ClF5N4O3. The van der Waals surface area contributed by atoms with Crippen LogP contribution in [-0.2, 0) is 19.7 Å². The van der Waals surface area contributed by atoms with Crippen LogP contribution < -0.4 is 10.4 Å². The summed E-state index contributed by atoms with van der Waals surface area (Å²) in [7, 11) is 0. The summed E-state index contributed by atoms with van der Waals surface area (Å²) in [6.45, 7) is 1.65. The minimum absolute atomic E-state index is 0.0430. The van der Waals surface area contributed by atoms with E-state index in [1.165, 1.54) is 35.0 Å². The summed E-state index contributed by atoms with van der Waals surface area (Å²) in [5, 5.41) is 13.3. The molecule has 2 aromatic heterocycles. The van der Waals surface area contributed by atoms with Crippen LogP contribution in [-0.4, -0.2) is 36.3 Å². The van der Waals surface area contributed by atoms with Crippen molar-refractivity contribution >= 4 is 22.5 Å². The molecule has 4 rings (SSSR count). The minimum Gasteiger partial charge on any atom is -0.479 e. The molecule has 0 aliphatic rings. The first-order valence-electron chi connectivity index (χ1n) is 10.7. The van der Waals surface area contributed by atoms with Gasteiger partial charge in [0.1, 0.15) is 23.9 Å². The lowest BCUT2D eigenvalue weighted by Crippen LogP contribution is -2.31. The second-order valence-corrected chi connectivity index (χ2v) is 8.34. The van der Waals surface area contributed by atoms with Crippen molar-refractivity contribution in [1.82, 2.24) is 18.9 Å². The fourth-order valence-electron chi connectivity index (χ4n) is 3.83. The number of ether oxygens (including phenoxy) is 1. The molecule has 0 amide bonds. The Hall–Kier alpha value is -3.38. The van der Waals surface area contributed by atoms with E-state index in [0.29, 0.717) is 4.68 Å². The summed E-state index contributed by atoms with van der Waals surface area (Å²) in [6.07, 6.45) is -5.70. The van der Waals surface area contributed by atoms with E-state index in [4.69, 9.17) is 16.3 Å². The van der Waals surface area contributed by atoms with Crippen LogP contribution in [0.3, 0.4) is 0 Å². The van der Waals surface area contributed by atoms with E-state index in [2.05, 4.69) is 5.10 Å². The minimum atomic E-state index is -4.75. The lowest BCUT2D eigenvalue weighted by atomic mass is 10.1. The molecule has 0 bridgehead atoms. The maximum Gasteiger partial charge on any atom is 0.425 e. The number of halogens is 6. The van der Waals surface area contributed by atoms with Gasteiger partial charge in [-0.15, -0.1) is 5.10 Å². The second-order valence-electron chi connectivity index (χ2n) is 7.93. The van der Waals surface area contributed by atoms with Crippen LogP contribution in [0.4, 0.5) is 22.0 Å². The first-order chi connectivity index (χ1) is 17.0. The third-order valence-corrected chi connectivity index (χ3v) is 6.06. The highest BCUT2D eigenvalue weighted by Gasteiger charge is 2.39. The van der Waals surface area contributed by atoms with Gasteiger partial charge in [0.25, 0.3) is 0 Å². The van der Waals surface area contributed by atoms with Gasteiger partial charge in [0.05, 0.1) is 12.1 Å². The highest BCUT2D eigenvalue weighted by molar-refractivity contribution is 6.31. The molecule has 0 saturated carbocycles. The number of aliphatic hydroxyl groups is 1. The third kappa shape index (κ3) is 4.46. The van der Waals surface area contributed by atoms with Gasteiger partial charge in [-0.2, -0.15) is 17.9 Å². The fourth-order valence-corrected chi connectivity index (χ4v) is 4.06. The molecule has 0 saturated heterocycles. The van der Waals surface area contributed by atoms with Crippen molar-refractivity contribution in [1.29, 1.82) is 0 Å². The van der Waals surface area contributed by atoms with Gasteiger partial charge in [-0.05, 0) is 32.0 Å². The second kappa shape index (κ2) is 9.58. The summed E-state index contributed by atoms with van der Waals surface area (Å²) in [5.74, 6) is -2.09. The van der Waals surface area contributed by atoms with Gasteiger partial charge in [0.2, 0.25) is 0 Å². The van der Waals surface area contributed by atoms with Crippen molar-refractivity contribution in [2.24, 2.45) is 0 Å². The highest BCUT2D eigenvalue weighted by Crippen LogP contribution is 2.36. The Bertz CT molecular complexity index is 1470. The van der Waals surface area contributed by atoms with Crippen LogP contribution >= 0.6 is 11.6 Å². The molecular weight excluding hydrogens is 511 g/mol. The highest BCUT2D eigenvalue weighted by atomic mass is 35.5. The fraction of sp³-hybridized carbons (Fsp3) is 0.304. The Morgan fingerprint density at radius 2 is 1.94 bits per heavy atom. The Morgan fingerprint density at radius 3 is 2.53 bits per heavy atom. The number of rotatable bonds is 7. The number of aromatic nitrogens is 4. The Labute approximate surface area is 205 Å². The number of alkyl halides is 3. The van der Waals surface area contributed by atoms with Crippen molar-refractivity contribution in [3.8, 4) is 11.4 Å². The van der Waals surface area contributed by atoms with E-state index in [1.54, 1.807) is 6.92 Å². The average molecular weight is 531 g/mol. The molecule has 0 aliphatic heterocycles. The summed E-state index contributed by atoms with van der Waals surface area (Å²) in [4.78, 5) is 12.8. The SMILES string of the molecule is CCn1c(CO)nn(-c2cc(O[C@@H](C)C(F)(F)F)c3c(ccn3Cc3c(F)cccc3Cl)c2F)c1=O. The lowest BCUT2D eigenvalue weighted by molar-refractivity contribution is -0.189. The van der Waals surface area contributed by atoms with Crippen LogP contribution in [0.1, 0.15) is 25.2 Å². The molecule has 0 aliphatic carbocycles. The van der Waals surface area contributed by atoms with Crippen molar-refractivity contribution in [3.05, 3.63) is 75.1 Å². The maximum atomic E-state index is 15.7. The Kier molecular flexibility index (Phi) is 6.84. The first-order valence-corrected chi connectivity index (χ1v) is 11.1. The van der Waals surface area contributed by atoms with Gasteiger partial charge in [0.15, 0.2) is 17.7 Å². The molecule has 2 aromatic carbocycles. The Morgan fingerprint density at radius 1 is 1.22 bits per heavy atom. The summed E-state index contributed by atoms with van der Waals surface area (Å²) < 4.78 is 78.4. The van der Waals surface area contributed by atoms with Gasteiger partial charge in [-0.3, -0.25) is 4.57 Å². The largest absolute Gasteiger partial charge is 0.479 e. The van der Waals surface area contributed by atoms with Gasteiger partial charge in [0, 0.05) is 34.8 Å². The van der Waals surface area contributed by atoms with Gasteiger partial charge in [-0.25, -0.2) is 13.6 Å². The van der Waals surface area contributed by atoms with Crippen LogP contribution in [0.15, 0.2) is 41.3 Å². The number of nitrogens with zero attached hydrogens (tertiary/aromatic N) is 4. The summed E-state index contributed by atoms with van der Waals surface area (Å²) >= 11 is 6.10. The maximum absolute atomic E-state index is 15.7. The molecule has 13 heteroatoms. The van der Waals surface area contributed by atoms with Crippen molar-refractivity contribution in [3.63, 3.8) is 0 Å². The topological polar surface area (TPSA) is 74.2 Å². The van der Waals surface area contributed by atoms with Crippen molar-refractivity contribution < 1.29 is 31.8 Å². The summed E-state index contributed by atoms with van der Waals surface area (Å²) in [6, 6.07) is 6.21. The quantitative estimate of drug-likeness (QED) is 0.348. The van der Waals surface area contributed by atoms with Crippen LogP contribution in [0.5, 0.6) is 5.75 Å². The number of fused-ring (bicyclic) bond motifs is 1. The summed E-state index contributed by atoms with van der Waals surface area (Å²) in [5.41, 5.74) is -1.33. The van der Waals surface area contributed by atoms with E-state index in [1.807, 2.05) is 0 Å². The predicted molar refractivity (Wildman–Crippen MR) is 122 cm³/mol. The van der Waals surface area contributed by atoms with E-state index < -0.39 is 47.6 Å². The number of hydrogen-bond acceptors (Lipinski definition) is 4. The molecule has 36 heavy (non-hydrogen) atoms. The van der Waals surface area contributed by atoms with E-state index >= 15 is 4.39 Å². The zero-order valence-corrected chi connectivity index (χ0v) is 19.7. The van der Waals surface area contributed by atoms with Crippen LogP contribution in [0.25, 0.3) is 16.6 Å². The first kappa shape index (κ1) is 25.7. The molecule has 192 valence electrons. The van der Waals surface area contributed by atoms with Gasteiger partial charge in [-0.1, -0.05) is 17.7 Å². The number of hydrogen-bond donors (Lipinski definition) is 1.